The second-order valence-corrected chi connectivity index (χ2v) is 5.52. The van der Waals surface area contributed by atoms with Gasteiger partial charge in [-0.25, -0.2) is 14.8 Å². The summed E-state index contributed by atoms with van der Waals surface area (Å²) in [4.78, 5) is 22.3. The van der Waals surface area contributed by atoms with Gasteiger partial charge in [-0.15, -0.1) is 11.8 Å². The van der Waals surface area contributed by atoms with E-state index in [9.17, 15) is 9.90 Å². The summed E-state index contributed by atoms with van der Waals surface area (Å²) >= 11 is 1.50. The molecular weight excluding hydrogens is 274 g/mol. The zero-order valence-electron chi connectivity index (χ0n) is 12.6. The van der Waals surface area contributed by atoms with Gasteiger partial charge in [0.25, 0.3) is 0 Å². The molecule has 1 aromatic heterocycles. The summed E-state index contributed by atoms with van der Waals surface area (Å²) in [5.41, 5.74) is 0.793. The molecule has 112 valence electrons. The lowest BCUT2D eigenvalue weighted by molar-refractivity contribution is 0.0690. The summed E-state index contributed by atoms with van der Waals surface area (Å²) in [7, 11) is 0. The second kappa shape index (κ2) is 8.21. The van der Waals surface area contributed by atoms with Gasteiger partial charge in [0, 0.05) is 18.7 Å². The van der Waals surface area contributed by atoms with Crippen LogP contribution in [0.5, 0.6) is 0 Å². The molecule has 1 N–H and O–H groups in total. The molecule has 0 bridgehead atoms. The molecule has 0 unspecified atom stereocenters. The molecule has 20 heavy (non-hydrogen) atoms. The van der Waals surface area contributed by atoms with E-state index in [4.69, 9.17) is 0 Å². The third kappa shape index (κ3) is 4.45. The van der Waals surface area contributed by atoms with Gasteiger partial charge in [0.1, 0.15) is 16.4 Å². The zero-order valence-corrected chi connectivity index (χ0v) is 13.5. The number of nitrogens with zero attached hydrogens (tertiary/aromatic N) is 3. The largest absolute Gasteiger partial charge is 0.478 e. The minimum atomic E-state index is -0.949. The van der Waals surface area contributed by atoms with E-state index in [2.05, 4.69) is 28.7 Å². The van der Waals surface area contributed by atoms with Crippen LogP contribution in [-0.4, -0.2) is 51.3 Å². The summed E-state index contributed by atoms with van der Waals surface area (Å²) in [5, 5.41) is 9.90. The van der Waals surface area contributed by atoms with E-state index in [-0.39, 0.29) is 5.56 Å². The van der Waals surface area contributed by atoms with Crippen LogP contribution in [0.4, 0.5) is 0 Å². The lowest BCUT2D eigenvalue weighted by Gasteiger charge is -2.17. The van der Waals surface area contributed by atoms with Crippen molar-refractivity contribution < 1.29 is 9.90 Å². The fourth-order valence-corrected chi connectivity index (χ4v) is 3.01. The molecule has 0 saturated carbocycles. The first-order valence-electron chi connectivity index (χ1n) is 6.99. The number of carboxylic acid groups (broad SMARTS) is 1. The molecule has 1 aromatic rings. The first-order valence-corrected chi connectivity index (χ1v) is 7.97. The fourth-order valence-electron chi connectivity index (χ4n) is 1.92. The van der Waals surface area contributed by atoms with E-state index in [0.29, 0.717) is 23.0 Å². The van der Waals surface area contributed by atoms with E-state index in [1.807, 2.05) is 6.92 Å². The van der Waals surface area contributed by atoms with Crippen LogP contribution < -0.4 is 0 Å². The number of carbonyl (C=O) groups is 1. The van der Waals surface area contributed by atoms with E-state index in [1.165, 1.54) is 11.8 Å². The molecule has 0 radical (unpaired) electrons. The Morgan fingerprint density at radius 1 is 1.25 bits per heavy atom. The molecule has 1 rings (SSSR count). The quantitative estimate of drug-likeness (QED) is 0.587. The Balaban J connectivity index is 2.86. The molecule has 0 aliphatic heterocycles. The Hall–Kier alpha value is -1.14. The van der Waals surface area contributed by atoms with E-state index in [0.717, 1.165) is 25.4 Å². The average Bonchev–Trinajstić information content (AvgIpc) is 2.42. The highest BCUT2D eigenvalue weighted by Crippen LogP contribution is 2.23. The summed E-state index contributed by atoms with van der Waals surface area (Å²) < 4.78 is 0. The zero-order chi connectivity index (χ0) is 15.1. The van der Waals surface area contributed by atoms with Crippen LogP contribution in [0.2, 0.25) is 0 Å². The van der Waals surface area contributed by atoms with E-state index < -0.39 is 5.97 Å². The molecule has 0 amide bonds. The van der Waals surface area contributed by atoms with Crippen LogP contribution in [0, 0.1) is 6.92 Å². The highest BCUT2D eigenvalue weighted by Gasteiger charge is 2.18. The van der Waals surface area contributed by atoms with Crippen molar-refractivity contribution in [3.8, 4) is 0 Å². The third-order valence-corrected chi connectivity index (χ3v) is 4.13. The van der Waals surface area contributed by atoms with Crippen molar-refractivity contribution in [3.05, 3.63) is 17.1 Å². The Morgan fingerprint density at radius 3 is 2.40 bits per heavy atom. The van der Waals surface area contributed by atoms with Crippen LogP contribution in [0.25, 0.3) is 0 Å². The number of hydrogen-bond donors (Lipinski definition) is 1. The maximum absolute atomic E-state index is 11.3. The Labute approximate surface area is 124 Å². The number of rotatable bonds is 8. The predicted octanol–water partition coefficient (Wildman–Crippen LogP) is 2.48. The standard InChI is InChI=1S/C14H23N3O2S/c1-5-11-15-10(4)12(14(18)19)13(16-11)20-9-8-17(6-2)7-3/h5-9H2,1-4H3,(H,18,19). The fraction of sp³-hybridized carbons (Fsp3) is 0.643. The van der Waals surface area contributed by atoms with Gasteiger partial charge in [0.15, 0.2) is 0 Å². The minimum Gasteiger partial charge on any atom is -0.478 e. The Kier molecular flexibility index (Phi) is 6.95. The number of aromatic carboxylic acids is 1. The van der Waals surface area contributed by atoms with Gasteiger partial charge < -0.3 is 10.0 Å². The van der Waals surface area contributed by atoms with Gasteiger partial charge in [-0.2, -0.15) is 0 Å². The first-order chi connectivity index (χ1) is 9.53. The molecule has 0 atom stereocenters. The second-order valence-electron chi connectivity index (χ2n) is 4.44. The van der Waals surface area contributed by atoms with Crippen LogP contribution >= 0.6 is 11.8 Å². The number of aryl methyl sites for hydroxylation is 2. The number of aromatic nitrogens is 2. The number of carboxylic acids is 1. The summed E-state index contributed by atoms with van der Waals surface area (Å²) in [6, 6.07) is 0. The SMILES string of the molecule is CCc1nc(C)c(C(=O)O)c(SCCN(CC)CC)n1. The highest BCUT2D eigenvalue weighted by molar-refractivity contribution is 7.99. The highest BCUT2D eigenvalue weighted by atomic mass is 32.2. The molecule has 0 aromatic carbocycles. The molecular formula is C14H23N3O2S. The van der Waals surface area contributed by atoms with Gasteiger partial charge in [-0.1, -0.05) is 20.8 Å². The smallest absolute Gasteiger partial charge is 0.340 e. The summed E-state index contributed by atoms with van der Waals surface area (Å²) in [5.74, 6) is 0.593. The third-order valence-electron chi connectivity index (χ3n) is 3.17. The minimum absolute atomic E-state index is 0.242. The van der Waals surface area contributed by atoms with Gasteiger partial charge >= 0.3 is 5.97 Å². The Morgan fingerprint density at radius 2 is 1.90 bits per heavy atom. The molecule has 0 aliphatic carbocycles. The van der Waals surface area contributed by atoms with Gasteiger partial charge in [-0.05, 0) is 20.0 Å². The van der Waals surface area contributed by atoms with Crippen molar-refractivity contribution in [3.63, 3.8) is 0 Å². The molecule has 1 heterocycles. The van der Waals surface area contributed by atoms with Crippen molar-refractivity contribution in [2.45, 2.75) is 39.1 Å². The Bertz CT molecular complexity index is 462. The molecule has 0 aliphatic rings. The van der Waals surface area contributed by atoms with Crippen LogP contribution in [0.15, 0.2) is 5.03 Å². The average molecular weight is 297 g/mol. The topological polar surface area (TPSA) is 66.3 Å². The van der Waals surface area contributed by atoms with Crippen LogP contribution in [0.3, 0.4) is 0 Å². The molecule has 5 nitrogen and oxygen atoms in total. The van der Waals surface area contributed by atoms with Gasteiger partial charge in [0.2, 0.25) is 0 Å². The monoisotopic (exact) mass is 297 g/mol. The van der Waals surface area contributed by atoms with Crippen molar-refractivity contribution in [1.82, 2.24) is 14.9 Å². The molecule has 0 saturated heterocycles. The van der Waals surface area contributed by atoms with E-state index in [1.54, 1.807) is 6.92 Å². The van der Waals surface area contributed by atoms with E-state index >= 15 is 0 Å². The van der Waals surface area contributed by atoms with Crippen molar-refractivity contribution in [2.75, 3.05) is 25.4 Å². The van der Waals surface area contributed by atoms with Crippen molar-refractivity contribution >= 4 is 17.7 Å². The van der Waals surface area contributed by atoms with Crippen molar-refractivity contribution in [1.29, 1.82) is 0 Å². The van der Waals surface area contributed by atoms with Crippen LogP contribution in [0.1, 0.15) is 42.6 Å². The van der Waals surface area contributed by atoms with Crippen molar-refractivity contribution in [2.24, 2.45) is 0 Å². The van der Waals surface area contributed by atoms with Gasteiger partial charge in [0.05, 0.1) is 5.69 Å². The summed E-state index contributed by atoms with van der Waals surface area (Å²) in [6.45, 7) is 10.9. The number of hydrogen-bond acceptors (Lipinski definition) is 5. The summed E-state index contributed by atoms with van der Waals surface area (Å²) in [6.07, 6.45) is 0.713. The van der Waals surface area contributed by atoms with Gasteiger partial charge in [-0.3, -0.25) is 0 Å². The lowest BCUT2D eigenvalue weighted by atomic mass is 10.2. The molecule has 0 fully saturated rings. The number of thioether (sulfide) groups is 1. The maximum Gasteiger partial charge on any atom is 0.340 e. The first kappa shape index (κ1) is 16.9. The lowest BCUT2D eigenvalue weighted by Crippen LogP contribution is -2.25. The predicted molar refractivity (Wildman–Crippen MR) is 81.6 cm³/mol. The molecule has 6 heteroatoms. The maximum atomic E-state index is 11.3. The molecule has 0 spiro atoms. The normalized spacial score (nSPS) is 11.1. The van der Waals surface area contributed by atoms with Crippen LogP contribution in [-0.2, 0) is 6.42 Å².